The van der Waals surface area contributed by atoms with Gasteiger partial charge in [0.05, 0.1) is 24.7 Å². The molecule has 2 rings (SSSR count). The fourth-order valence-corrected chi connectivity index (χ4v) is 2.56. The lowest BCUT2D eigenvalue weighted by Crippen LogP contribution is -2.26. The Balaban J connectivity index is 2.64. The predicted molar refractivity (Wildman–Crippen MR) is 96.0 cm³/mol. The first kappa shape index (κ1) is 20.6. The molecule has 2 aromatic rings. The van der Waals surface area contributed by atoms with Gasteiger partial charge in [-0.3, -0.25) is 24.5 Å². The van der Waals surface area contributed by atoms with Crippen molar-refractivity contribution in [2.45, 2.75) is 12.5 Å². The second-order valence-electron chi connectivity index (χ2n) is 5.58. The van der Waals surface area contributed by atoms with Crippen molar-refractivity contribution in [3.8, 4) is 5.75 Å². The van der Waals surface area contributed by atoms with Crippen LogP contribution < -0.4 is 4.74 Å². The first-order valence-corrected chi connectivity index (χ1v) is 8.02. The Bertz CT molecular complexity index is 878. The molecule has 0 unspecified atom stereocenters. The Kier molecular flexibility index (Phi) is 6.80. The van der Waals surface area contributed by atoms with Gasteiger partial charge >= 0.3 is 11.9 Å². The van der Waals surface area contributed by atoms with Gasteiger partial charge < -0.3 is 14.2 Å². The molecule has 0 heterocycles. The summed E-state index contributed by atoms with van der Waals surface area (Å²) in [5.74, 6) is -4.03. The molecule has 9 heteroatoms. The number of methoxy groups -OCH3 is 2. The molecule has 0 saturated carbocycles. The second kappa shape index (κ2) is 9.26. The molecule has 0 aromatic heterocycles. The number of nitro groups is 1. The van der Waals surface area contributed by atoms with Crippen LogP contribution in [0.4, 0.5) is 5.69 Å². The van der Waals surface area contributed by atoms with Gasteiger partial charge in [0.15, 0.2) is 5.92 Å². The van der Waals surface area contributed by atoms with E-state index in [0.29, 0.717) is 6.29 Å². The summed E-state index contributed by atoms with van der Waals surface area (Å²) in [6.07, 6.45) is 0.400. The second-order valence-corrected chi connectivity index (χ2v) is 5.58. The summed E-state index contributed by atoms with van der Waals surface area (Å²) in [5.41, 5.74) is -0.286. The number of aldehydes is 1. The molecule has 0 atom stereocenters. The van der Waals surface area contributed by atoms with Crippen LogP contribution in [-0.4, -0.2) is 37.4 Å². The van der Waals surface area contributed by atoms with Crippen molar-refractivity contribution in [1.29, 1.82) is 0 Å². The number of nitro benzene ring substituents is 1. The largest absolute Gasteiger partial charge is 0.488 e. The first-order valence-electron chi connectivity index (χ1n) is 8.02. The van der Waals surface area contributed by atoms with E-state index in [1.165, 1.54) is 6.07 Å². The van der Waals surface area contributed by atoms with E-state index in [2.05, 4.69) is 9.47 Å². The molecule has 0 amide bonds. The molecular weight excluding hydrogens is 370 g/mol. The minimum absolute atomic E-state index is 0.0115. The van der Waals surface area contributed by atoms with Crippen LogP contribution in [0.3, 0.4) is 0 Å². The maximum Gasteiger partial charge on any atom is 0.325 e. The standard InChI is InChI=1S/C19H17NO8/c1-26-18(22)17(19(23)27-2)16-14(20(24)25)8-13(10-21)9-15(16)28-11-12-6-4-3-5-7-12/h3-10,17H,11H2,1-2H3. The summed E-state index contributed by atoms with van der Waals surface area (Å²) >= 11 is 0. The molecule has 0 saturated heterocycles. The van der Waals surface area contributed by atoms with Crippen LogP contribution >= 0.6 is 0 Å². The molecule has 0 bridgehead atoms. The van der Waals surface area contributed by atoms with Crippen LogP contribution in [0.2, 0.25) is 0 Å². The van der Waals surface area contributed by atoms with Gasteiger partial charge in [-0.1, -0.05) is 30.3 Å². The van der Waals surface area contributed by atoms with E-state index in [1.54, 1.807) is 30.3 Å². The van der Waals surface area contributed by atoms with Crippen molar-refractivity contribution < 1.29 is 33.5 Å². The number of carbonyl (C=O) groups is 3. The molecule has 146 valence electrons. The molecule has 0 fully saturated rings. The van der Waals surface area contributed by atoms with Crippen molar-refractivity contribution in [3.63, 3.8) is 0 Å². The molecule has 0 radical (unpaired) electrons. The monoisotopic (exact) mass is 387 g/mol. The number of hydrogen-bond acceptors (Lipinski definition) is 8. The van der Waals surface area contributed by atoms with Crippen molar-refractivity contribution >= 4 is 23.9 Å². The lowest BCUT2D eigenvalue weighted by molar-refractivity contribution is -0.385. The summed E-state index contributed by atoms with van der Waals surface area (Å²) < 4.78 is 14.9. The maximum atomic E-state index is 12.2. The zero-order valence-corrected chi connectivity index (χ0v) is 15.1. The molecule has 0 spiro atoms. The molecule has 0 aliphatic heterocycles. The Hall–Kier alpha value is -3.75. The van der Waals surface area contributed by atoms with Crippen molar-refractivity contribution in [1.82, 2.24) is 0 Å². The van der Waals surface area contributed by atoms with Crippen molar-refractivity contribution in [3.05, 3.63) is 69.3 Å². The molecule has 0 aliphatic rings. The van der Waals surface area contributed by atoms with Crippen LogP contribution in [0.5, 0.6) is 5.75 Å². The van der Waals surface area contributed by atoms with E-state index < -0.39 is 28.5 Å². The number of benzene rings is 2. The number of rotatable bonds is 8. The van der Waals surface area contributed by atoms with Crippen LogP contribution in [0, 0.1) is 10.1 Å². The van der Waals surface area contributed by atoms with Crippen LogP contribution in [0.1, 0.15) is 27.4 Å². The molecule has 0 aliphatic carbocycles. The maximum absolute atomic E-state index is 12.2. The lowest BCUT2D eigenvalue weighted by Gasteiger charge is -2.18. The van der Waals surface area contributed by atoms with Crippen molar-refractivity contribution in [2.75, 3.05) is 14.2 Å². The number of nitrogens with zero attached hydrogens (tertiary/aromatic N) is 1. The Morgan fingerprint density at radius 3 is 2.21 bits per heavy atom. The normalized spacial score (nSPS) is 10.2. The van der Waals surface area contributed by atoms with Crippen molar-refractivity contribution in [2.24, 2.45) is 0 Å². The topological polar surface area (TPSA) is 122 Å². The Morgan fingerprint density at radius 1 is 1.11 bits per heavy atom. The zero-order valence-electron chi connectivity index (χ0n) is 15.1. The summed E-state index contributed by atoms with van der Waals surface area (Å²) in [5, 5.41) is 11.6. The SMILES string of the molecule is COC(=O)C(C(=O)OC)c1c(OCc2ccccc2)cc(C=O)cc1[N+](=O)[O-]. The van der Waals surface area contributed by atoms with E-state index in [4.69, 9.17) is 4.74 Å². The van der Waals surface area contributed by atoms with Gasteiger partial charge in [0.25, 0.3) is 5.69 Å². The summed E-state index contributed by atoms with van der Waals surface area (Å²) in [6.45, 7) is -0.0115. The minimum atomic E-state index is -1.75. The first-order chi connectivity index (χ1) is 13.4. The van der Waals surface area contributed by atoms with E-state index >= 15 is 0 Å². The van der Waals surface area contributed by atoms with E-state index in [-0.39, 0.29) is 23.5 Å². The van der Waals surface area contributed by atoms with Gasteiger partial charge in [0, 0.05) is 11.6 Å². The highest BCUT2D eigenvalue weighted by molar-refractivity contribution is 6.02. The fraction of sp³-hybridized carbons (Fsp3) is 0.211. The fourth-order valence-electron chi connectivity index (χ4n) is 2.56. The lowest BCUT2D eigenvalue weighted by atomic mass is 9.94. The number of ether oxygens (including phenoxy) is 3. The smallest absolute Gasteiger partial charge is 0.325 e. The zero-order chi connectivity index (χ0) is 20.7. The molecule has 0 N–H and O–H groups in total. The predicted octanol–water partition coefficient (Wildman–Crippen LogP) is 2.42. The summed E-state index contributed by atoms with van der Waals surface area (Å²) in [7, 11) is 2.07. The molecule has 9 nitrogen and oxygen atoms in total. The summed E-state index contributed by atoms with van der Waals surface area (Å²) in [4.78, 5) is 46.4. The average molecular weight is 387 g/mol. The molecule has 2 aromatic carbocycles. The van der Waals surface area contributed by atoms with E-state index in [1.807, 2.05) is 0 Å². The average Bonchev–Trinajstić information content (AvgIpc) is 2.72. The van der Waals surface area contributed by atoms with Gasteiger partial charge in [0.2, 0.25) is 0 Å². The molecular formula is C19H17NO8. The highest BCUT2D eigenvalue weighted by Crippen LogP contribution is 2.38. The minimum Gasteiger partial charge on any atom is -0.488 e. The molecule has 28 heavy (non-hydrogen) atoms. The van der Waals surface area contributed by atoms with Crippen LogP contribution in [-0.2, 0) is 25.7 Å². The Morgan fingerprint density at radius 2 is 1.71 bits per heavy atom. The Labute approximate surface area is 160 Å². The van der Waals surface area contributed by atoms with Gasteiger partial charge in [-0.15, -0.1) is 0 Å². The van der Waals surface area contributed by atoms with Gasteiger partial charge in [-0.2, -0.15) is 0 Å². The van der Waals surface area contributed by atoms with Gasteiger partial charge in [-0.25, -0.2) is 0 Å². The highest BCUT2D eigenvalue weighted by Gasteiger charge is 2.39. The van der Waals surface area contributed by atoms with Crippen LogP contribution in [0.15, 0.2) is 42.5 Å². The highest BCUT2D eigenvalue weighted by atomic mass is 16.6. The van der Waals surface area contributed by atoms with Gasteiger partial charge in [-0.05, 0) is 11.6 Å². The third-order valence-electron chi connectivity index (χ3n) is 3.87. The number of esters is 2. The third kappa shape index (κ3) is 4.50. The van der Waals surface area contributed by atoms with E-state index in [9.17, 15) is 24.5 Å². The van der Waals surface area contributed by atoms with Gasteiger partial charge in [0.1, 0.15) is 18.6 Å². The number of hydrogen-bond donors (Lipinski definition) is 0. The number of carbonyl (C=O) groups excluding carboxylic acids is 3. The summed E-state index contributed by atoms with van der Waals surface area (Å²) in [6, 6.07) is 11.0. The third-order valence-corrected chi connectivity index (χ3v) is 3.87. The quantitative estimate of drug-likeness (QED) is 0.222. The van der Waals surface area contributed by atoms with Crippen LogP contribution in [0.25, 0.3) is 0 Å². The van der Waals surface area contributed by atoms with E-state index in [0.717, 1.165) is 25.8 Å².